The van der Waals surface area contributed by atoms with Crippen molar-refractivity contribution >= 4 is 57.2 Å². The maximum atomic E-state index is 2.70. The summed E-state index contributed by atoms with van der Waals surface area (Å²) in [5, 5.41) is 0. The van der Waals surface area contributed by atoms with Crippen LogP contribution in [0.15, 0.2) is 140 Å². The van der Waals surface area contributed by atoms with E-state index in [-0.39, 0.29) is 39.2 Å². The fourth-order valence-electron chi connectivity index (χ4n) is 13.4. The Morgan fingerprint density at radius 3 is 1.54 bits per heavy atom. The second kappa shape index (κ2) is 14.4. The van der Waals surface area contributed by atoms with Gasteiger partial charge in [-0.05, 0) is 160 Å². The van der Waals surface area contributed by atoms with Gasteiger partial charge in [-0.3, -0.25) is 0 Å². The van der Waals surface area contributed by atoms with Crippen LogP contribution < -0.4 is 26.2 Å². The van der Waals surface area contributed by atoms with Gasteiger partial charge in [-0.1, -0.05) is 188 Å². The van der Waals surface area contributed by atoms with E-state index in [2.05, 4.69) is 246 Å². The number of nitrogens with zero attached hydrogens (tertiary/aromatic N) is 2. The van der Waals surface area contributed by atoms with Gasteiger partial charge in [-0.25, -0.2) is 0 Å². The summed E-state index contributed by atoms with van der Waals surface area (Å²) < 4.78 is 0. The van der Waals surface area contributed by atoms with Crippen molar-refractivity contribution in [3.05, 3.63) is 173 Å². The molecule has 0 spiro atoms. The van der Waals surface area contributed by atoms with Crippen LogP contribution in [0.3, 0.4) is 0 Å². The van der Waals surface area contributed by atoms with E-state index in [0.717, 1.165) is 12.8 Å². The topological polar surface area (TPSA) is 6.48 Å². The third-order valence-electron chi connectivity index (χ3n) is 16.3. The molecule has 7 aromatic carbocycles. The zero-order valence-corrected chi connectivity index (χ0v) is 42.7. The van der Waals surface area contributed by atoms with Crippen LogP contribution in [-0.2, 0) is 32.5 Å². The Kier molecular flexibility index (Phi) is 9.38. The van der Waals surface area contributed by atoms with Gasteiger partial charge in [0, 0.05) is 34.0 Å². The Bertz CT molecular complexity index is 3150. The monoisotopic (exact) mass is 877 g/mol. The molecule has 11 rings (SSSR count). The molecule has 0 atom stereocenters. The summed E-state index contributed by atoms with van der Waals surface area (Å²) in [5.74, 6) is 0. The van der Waals surface area contributed by atoms with Crippen LogP contribution in [0, 0.1) is 0 Å². The second-order valence-electron chi connectivity index (χ2n) is 25.3. The zero-order chi connectivity index (χ0) is 47.4. The third-order valence-corrected chi connectivity index (χ3v) is 16.3. The highest BCUT2D eigenvalue weighted by atomic mass is 15.2. The van der Waals surface area contributed by atoms with E-state index in [1.54, 1.807) is 0 Å². The Balaban J connectivity index is 1.29. The lowest BCUT2D eigenvalue weighted by Gasteiger charge is -2.46. The Labute approximate surface area is 402 Å². The molecule has 7 aromatic rings. The molecule has 0 unspecified atom stereocenters. The van der Waals surface area contributed by atoms with E-state index < -0.39 is 0 Å². The quantitative estimate of drug-likeness (QED) is 0.163. The SMILES string of the molecule is CC(C)(C)c1ccc(N2c3cc(-c4ccccc4)ccc3B3c4cc5c(cc4N(c4ccc6c(c4)C(C)(C)CC6(C)C)c4cc(C(C)(C)C)cc2c43)C(C)(C)CC5(C)C)c(-c2ccccc2)c1. The van der Waals surface area contributed by atoms with Gasteiger partial charge in [0.25, 0.3) is 6.71 Å². The molecule has 0 amide bonds. The molecule has 2 aliphatic heterocycles. The van der Waals surface area contributed by atoms with E-state index in [4.69, 9.17) is 0 Å². The van der Waals surface area contributed by atoms with Crippen molar-refractivity contribution in [1.29, 1.82) is 0 Å². The van der Waals surface area contributed by atoms with Gasteiger partial charge in [-0.2, -0.15) is 0 Å². The first kappa shape index (κ1) is 43.8. The number of fused-ring (bicyclic) bond motifs is 6. The summed E-state index contributed by atoms with van der Waals surface area (Å²) in [6.45, 7) is 33.9. The lowest BCUT2D eigenvalue weighted by atomic mass is 9.33. The zero-order valence-electron chi connectivity index (χ0n) is 42.7. The minimum atomic E-state index is -0.128. The van der Waals surface area contributed by atoms with Gasteiger partial charge >= 0.3 is 0 Å². The van der Waals surface area contributed by atoms with Crippen molar-refractivity contribution in [1.82, 2.24) is 0 Å². The lowest BCUT2D eigenvalue weighted by Crippen LogP contribution is -2.61. The summed E-state index contributed by atoms with van der Waals surface area (Å²) in [6, 6.07) is 54.6. The highest BCUT2D eigenvalue weighted by Gasteiger charge is 2.49. The van der Waals surface area contributed by atoms with Crippen LogP contribution in [0.5, 0.6) is 0 Å². The van der Waals surface area contributed by atoms with E-state index in [9.17, 15) is 0 Å². The molecular formula is C64H69BN2. The van der Waals surface area contributed by atoms with Crippen LogP contribution in [-0.4, -0.2) is 6.71 Å². The van der Waals surface area contributed by atoms with Crippen molar-refractivity contribution in [3.63, 3.8) is 0 Å². The van der Waals surface area contributed by atoms with Gasteiger partial charge < -0.3 is 9.80 Å². The van der Waals surface area contributed by atoms with Gasteiger partial charge in [-0.15, -0.1) is 0 Å². The number of hydrogen-bond donors (Lipinski definition) is 0. The first-order valence-corrected chi connectivity index (χ1v) is 25.0. The first-order valence-electron chi connectivity index (χ1n) is 25.0. The molecule has 0 N–H and O–H groups in total. The van der Waals surface area contributed by atoms with E-state index in [0.29, 0.717) is 0 Å². The Hall–Kier alpha value is -5.80. The largest absolute Gasteiger partial charge is 0.311 e. The summed E-state index contributed by atoms with van der Waals surface area (Å²) in [6.07, 6.45) is 2.26. The minimum absolute atomic E-state index is 0.0185. The van der Waals surface area contributed by atoms with Crippen LogP contribution >= 0.6 is 0 Å². The molecule has 67 heavy (non-hydrogen) atoms. The maximum absolute atomic E-state index is 2.70. The standard InChI is InChI=1S/C64H69BN2/c1-59(2,3)43-26-30-53(46(32-43)41-23-19-16-20-24-41)67-54-31-42(40-21-17-15-18-22-40)25-29-51(54)65-52-36-49-50(64(13,14)39-63(49,11)12)37-55(52)66(56-33-44(60(4,5)6)34-57(67)58(56)65)45-27-28-47-48(35-45)62(9,10)38-61(47,7)8/h15-37H,38-39H2,1-14H3. The van der Waals surface area contributed by atoms with Gasteiger partial charge in [0.15, 0.2) is 0 Å². The molecule has 0 saturated heterocycles. The number of hydrogen-bond acceptors (Lipinski definition) is 2. The molecular weight excluding hydrogens is 808 g/mol. The molecule has 338 valence electrons. The fraction of sp³-hybridized carbons (Fsp3) is 0.344. The number of rotatable bonds is 4. The van der Waals surface area contributed by atoms with Crippen LogP contribution in [0.1, 0.15) is 143 Å². The number of benzene rings is 7. The molecule has 0 aromatic heterocycles. The molecule has 2 aliphatic carbocycles. The predicted molar refractivity (Wildman–Crippen MR) is 290 cm³/mol. The van der Waals surface area contributed by atoms with Gasteiger partial charge in [0.05, 0.1) is 5.69 Å². The normalized spacial score (nSPS) is 18.0. The van der Waals surface area contributed by atoms with E-state index >= 15 is 0 Å². The van der Waals surface area contributed by atoms with Crippen LogP contribution in [0.25, 0.3) is 22.3 Å². The smallest absolute Gasteiger partial charge is 0.252 e. The fourth-order valence-corrected chi connectivity index (χ4v) is 13.4. The predicted octanol–water partition coefficient (Wildman–Crippen LogP) is 15.6. The van der Waals surface area contributed by atoms with Crippen molar-refractivity contribution < 1.29 is 0 Å². The van der Waals surface area contributed by atoms with E-state index in [1.807, 2.05) is 0 Å². The summed E-state index contributed by atoms with van der Waals surface area (Å²) in [5.41, 5.74) is 25.4. The average Bonchev–Trinajstić information content (AvgIpc) is 3.58. The Morgan fingerprint density at radius 1 is 0.388 bits per heavy atom. The molecule has 4 aliphatic rings. The summed E-state index contributed by atoms with van der Waals surface area (Å²) in [4.78, 5) is 5.37. The summed E-state index contributed by atoms with van der Waals surface area (Å²) >= 11 is 0. The molecule has 2 heterocycles. The maximum Gasteiger partial charge on any atom is 0.252 e. The molecule has 0 radical (unpaired) electrons. The molecule has 2 nitrogen and oxygen atoms in total. The van der Waals surface area contributed by atoms with Crippen LogP contribution in [0.4, 0.5) is 34.1 Å². The highest BCUT2D eigenvalue weighted by Crippen LogP contribution is 2.56. The molecule has 0 fully saturated rings. The van der Waals surface area contributed by atoms with Crippen molar-refractivity contribution in [3.8, 4) is 22.3 Å². The van der Waals surface area contributed by atoms with Crippen molar-refractivity contribution in [2.24, 2.45) is 0 Å². The van der Waals surface area contributed by atoms with Crippen LogP contribution in [0.2, 0.25) is 0 Å². The summed E-state index contributed by atoms with van der Waals surface area (Å²) in [7, 11) is 0. The average molecular weight is 877 g/mol. The van der Waals surface area contributed by atoms with Crippen molar-refractivity contribution in [2.75, 3.05) is 9.80 Å². The minimum Gasteiger partial charge on any atom is -0.311 e. The van der Waals surface area contributed by atoms with Crippen molar-refractivity contribution in [2.45, 2.75) is 142 Å². The third kappa shape index (κ3) is 6.80. The molecule has 0 saturated carbocycles. The van der Waals surface area contributed by atoms with Gasteiger partial charge in [0.1, 0.15) is 0 Å². The van der Waals surface area contributed by atoms with E-state index in [1.165, 1.54) is 106 Å². The van der Waals surface area contributed by atoms with Gasteiger partial charge in [0.2, 0.25) is 0 Å². The first-order chi connectivity index (χ1) is 31.4. The highest BCUT2D eigenvalue weighted by molar-refractivity contribution is 7.00. The lowest BCUT2D eigenvalue weighted by molar-refractivity contribution is 0.403. The molecule has 3 heteroatoms. The second-order valence-corrected chi connectivity index (χ2v) is 25.3. The number of anilines is 6. The Morgan fingerprint density at radius 2 is 0.925 bits per heavy atom. The molecule has 0 bridgehead atoms.